The maximum Gasteiger partial charge on any atom is 0.191 e. The summed E-state index contributed by atoms with van der Waals surface area (Å²) in [6, 6.07) is 15.3. The molecule has 1 fully saturated rings. The zero-order valence-corrected chi connectivity index (χ0v) is 19.4. The van der Waals surface area contributed by atoms with Gasteiger partial charge in [-0.25, -0.2) is 4.39 Å². The van der Waals surface area contributed by atoms with Gasteiger partial charge < -0.3 is 15.4 Å². The van der Waals surface area contributed by atoms with Crippen molar-refractivity contribution in [2.24, 2.45) is 4.99 Å². The van der Waals surface area contributed by atoms with Crippen LogP contribution in [-0.2, 0) is 11.3 Å². The largest absolute Gasteiger partial charge is 0.379 e. The zero-order valence-electron chi connectivity index (χ0n) is 17.0. The Labute approximate surface area is 189 Å². The quantitative estimate of drug-likeness (QED) is 0.354. The molecule has 1 unspecified atom stereocenters. The van der Waals surface area contributed by atoms with Crippen molar-refractivity contribution in [1.29, 1.82) is 0 Å². The molecule has 0 bridgehead atoms. The molecule has 1 aliphatic rings. The number of aliphatic imine (C=N–C) groups is 1. The number of hydrogen-bond acceptors (Lipinski definition) is 3. The Kier molecular flexibility index (Phi) is 9.83. The van der Waals surface area contributed by atoms with E-state index >= 15 is 0 Å². The molecule has 7 heteroatoms. The van der Waals surface area contributed by atoms with Crippen LogP contribution in [0.4, 0.5) is 4.39 Å². The number of nitrogens with one attached hydrogen (secondary N) is 2. The molecule has 3 rings (SSSR count). The smallest absolute Gasteiger partial charge is 0.191 e. The summed E-state index contributed by atoms with van der Waals surface area (Å²) in [5.41, 5.74) is 3.54. The second-order valence-corrected chi connectivity index (χ2v) is 7.01. The van der Waals surface area contributed by atoms with E-state index in [0.717, 1.165) is 37.8 Å². The van der Waals surface area contributed by atoms with E-state index in [-0.39, 0.29) is 35.8 Å². The average Bonchev–Trinajstić information content (AvgIpc) is 2.72. The molecule has 0 radical (unpaired) electrons. The number of benzene rings is 2. The lowest BCUT2D eigenvalue weighted by atomic mass is 10.0. The summed E-state index contributed by atoms with van der Waals surface area (Å²) in [4.78, 5) is 6.71. The standard InChI is InChI=1S/C22H29FN4O.HI/c1-17-4-3-5-18(14-17)15-25-22(24-2)26-16-21(27-10-12-28-13-11-27)19-6-8-20(23)9-7-19;/h3-9,14,21H,10-13,15-16H2,1-2H3,(H2,24,25,26);1H. The highest BCUT2D eigenvalue weighted by Gasteiger charge is 2.23. The second kappa shape index (κ2) is 12.1. The topological polar surface area (TPSA) is 48.9 Å². The zero-order chi connectivity index (χ0) is 19.8. The van der Waals surface area contributed by atoms with Gasteiger partial charge in [-0.05, 0) is 30.2 Å². The van der Waals surface area contributed by atoms with Gasteiger partial charge in [0.25, 0.3) is 0 Å². The van der Waals surface area contributed by atoms with Gasteiger partial charge in [0.05, 0.1) is 19.3 Å². The fourth-order valence-electron chi connectivity index (χ4n) is 3.45. The van der Waals surface area contributed by atoms with Gasteiger partial charge in [0.1, 0.15) is 5.82 Å². The van der Waals surface area contributed by atoms with Gasteiger partial charge in [-0.1, -0.05) is 42.0 Å². The Morgan fingerprint density at radius 1 is 1.14 bits per heavy atom. The Bertz CT molecular complexity index is 779. The first-order valence-corrected chi connectivity index (χ1v) is 9.73. The minimum atomic E-state index is -0.215. The van der Waals surface area contributed by atoms with Crippen molar-refractivity contribution in [3.8, 4) is 0 Å². The van der Waals surface area contributed by atoms with Gasteiger partial charge >= 0.3 is 0 Å². The lowest BCUT2D eigenvalue weighted by Gasteiger charge is -2.35. The third-order valence-corrected chi connectivity index (χ3v) is 4.97. The van der Waals surface area contributed by atoms with Crippen LogP contribution < -0.4 is 10.6 Å². The summed E-state index contributed by atoms with van der Waals surface area (Å²) in [6.45, 7) is 6.64. The van der Waals surface area contributed by atoms with Crippen molar-refractivity contribution >= 4 is 29.9 Å². The van der Waals surface area contributed by atoms with Gasteiger partial charge in [0.15, 0.2) is 5.96 Å². The second-order valence-electron chi connectivity index (χ2n) is 7.01. The van der Waals surface area contributed by atoms with Crippen LogP contribution in [0.25, 0.3) is 0 Å². The van der Waals surface area contributed by atoms with Crippen molar-refractivity contribution in [3.05, 3.63) is 71.0 Å². The molecule has 158 valence electrons. The Morgan fingerprint density at radius 2 is 1.86 bits per heavy atom. The van der Waals surface area contributed by atoms with Gasteiger partial charge in [0.2, 0.25) is 0 Å². The van der Waals surface area contributed by atoms with Crippen LogP contribution in [-0.4, -0.2) is 50.8 Å². The normalized spacial score (nSPS) is 16.0. The monoisotopic (exact) mass is 512 g/mol. The molecular weight excluding hydrogens is 482 g/mol. The van der Waals surface area contributed by atoms with E-state index in [4.69, 9.17) is 4.74 Å². The fourth-order valence-corrected chi connectivity index (χ4v) is 3.45. The third kappa shape index (κ3) is 7.24. The van der Waals surface area contributed by atoms with E-state index in [0.29, 0.717) is 13.1 Å². The lowest BCUT2D eigenvalue weighted by molar-refractivity contribution is 0.0170. The maximum atomic E-state index is 13.4. The number of ether oxygens (including phenoxy) is 1. The molecule has 2 aromatic carbocycles. The summed E-state index contributed by atoms with van der Waals surface area (Å²) in [5.74, 6) is 0.537. The summed E-state index contributed by atoms with van der Waals surface area (Å²) >= 11 is 0. The van der Waals surface area contributed by atoms with Gasteiger partial charge in [-0.3, -0.25) is 9.89 Å². The molecule has 1 heterocycles. The minimum Gasteiger partial charge on any atom is -0.379 e. The number of aryl methyl sites for hydroxylation is 1. The molecule has 1 aliphatic heterocycles. The van der Waals surface area contributed by atoms with Crippen molar-refractivity contribution in [2.75, 3.05) is 39.9 Å². The van der Waals surface area contributed by atoms with E-state index in [9.17, 15) is 4.39 Å². The van der Waals surface area contributed by atoms with E-state index < -0.39 is 0 Å². The highest BCUT2D eigenvalue weighted by Crippen LogP contribution is 2.21. The number of halogens is 2. The van der Waals surface area contributed by atoms with Gasteiger partial charge in [-0.2, -0.15) is 0 Å². The highest BCUT2D eigenvalue weighted by molar-refractivity contribution is 14.0. The molecule has 29 heavy (non-hydrogen) atoms. The molecule has 2 aromatic rings. The SMILES string of the molecule is CN=C(NCc1cccc(C)c1)NCC(c1ccc(F)cc1)N1CCOCC1.I. The fraction of sp³-hybridized carbons (Fsp3) is 0.409. The first-order chi connectivity index (χ1) is 13.7. The van der Waals surface area contributed by atoms with Crippen LogP contribution in [0.3, 0.4) is 0 Å². The highest BCUT2D eigenvalue weighted by atomic mass is 127. The maximum absolute atomic E-state index is 13.4. The molecule has 0 spiro atoms. The van der Waals surface area contributed by atoms with E-state index in [1.54, 1.807) is 7.05 Å². The van der Waals surface area contributed by atoms with Crippen molar-refractivity contribution in [1.82, 2.24) is 15.5 Å². The van der Waals surface area contributed by atoms with Gasteiger partial charge in [0, 0.05) is 33.2 Å². The molecular formula is C22H30FIN4O. The average molecular weight is 512 g/mol. The molecule has 2 N–H and O–H groups in total. The molecule has 0 aromatic heterocycles. The number of guanidine groups is 1. The first-order valence-electron chi connectivity index (χ1n) is 9.73. The van der Waals surface area contributed by atoms with Crippen LogP contribution >= 0.6 is 24.0 Å². The first kappa shape index (κ1) is 23.6. The Balaban J connectivity index is 0.00000300. The number of rotatable bonds is 6. The molecule has 5 nitrogen and oxygen atoms in total. The van der Waals surface area contributed by atoms with Crippen molar-refractivity contribution in [2.45, 2.75) is 19.5 Å². The van der Waals surface area contributed by atoms with Crippen LogP contribution in [0.2, 0.25) is 0 Å². The molecule has 1 atom stereocenters. The van der Waals surface area contributed by atoms with Crippen molar-refractivity contribution in [3.63, 3.8) is 0 Å². The number of hydrogen-bond donors (Lipinski definition) is 2. The van der Waals surface area contributed by atoms with Crippen molar-refractivity contribution < 1.29 is 9.13 Å². The molecule has 0 amide bonds. The molecule has 0 saturated carbocycles. The van der Waals surface area contributed by atoms with E-state index in [1.807, 2.05) is 12.1 Å². The van der Waals surface area contributed by atoms with E-state index in [1.165, 1.54) is 23.3 Å². The Morgan fingerprint density at radius 3 is 2.52 bits per heavy atom. The van der Waals surface area contributed by atoms with Crippen LogP contribution in [0.5, 0.6) is 0 Å². The predicted octanol–water partition coefficient (Wildman–Crippen LogP) is 3.49. The van der Waals surface area contributed by atoms with E-state index in [2.05, 4.69) is 51.7 Å². The van der Waals surface area contributed by atoms with Gasteiger partial charge in [-0.15, -0.1) is 24.0 Å². The summed E-state index contributed by atoms with van der Waals surface area (Å²) in [6.07, 6.45) is 0. The number of nitrogens with zero attached hydrogens (tertiary/aromatic N) is 2. The Hall–Kier alpha value is -1.71. The lowest BCUT2D eigenvalue weighted by Crippen LogP contribution is -2.46. The summed E-state index contributed by atoms with van der Waals surface area (Å²) in [5, 5.41) is 6.79. The predicted molar refractivity (Wildman–Crippen MR) is 126 cm³/mol. The number of morpholine rings is 1. The molecule has 0 aliphatic carbocycles. The van der Waals surface area contributed by atoms with Crippen LogP contribution in [0.15, 0.2) is 53.5 Å². The molecule has 1 saturated heterocycles. The van der Waals surface area contributed by atoms with Crippen LogP contribution in [0.1, 0.15) is 22.7 Å². The van der Waals surface area contributed by atoms with Crippen LogP contribution in [0, 0.1) is 12.7 Å². The third-order valence-electron chi connectivity index (χ3n) is 4.97. The summed E-state index contributed by atoms with van der Waals surface area (Å²) < 4.78 is 18.9. The summed E-state index contributed by atoms with van der Waals surface area (Å²) in [7, 11) is 1.77. The minimum absolute atomic E-state index is 0.